The number of carbonyl (C=O) groups is 2. The predicted octanol–water partition coefficient (Wildman–Crippen LogP) is 0.573. The largest absolute Gasteiger partial charge is 0.468 e. The highest BCUT2D eigenvalue weighted by molar-refractivity contribution is 5.75. The molecule has 0 aliphatic rings. The first-order chi connectivity index (χ1) is 7.61. The molecule has 0 aliphatic heterocycles. The van der Waals surface area contributed by atoms with Gasteiger partial charge in [0, 0.05) is 6.42 Å². The highest BCUT2D eigenvalue weighted by Crippen LogP contribution is 2.02. The average Bonchev–Trinajstić information content (AvgIpc) is 2.26. The van der Waals surface area contributed by atoms with Crippen molar-refractivity contribution in [1.82, 2.24) is 5.32 Å². The van der Waals surface area contributed by atoms with E-state index in [0.717, 1.165) is 19.3 Å². The number of primary amides is 1. The van der Waals surface area contributed by atoms with E-state index in [0.29, 0.717) is 19.4 Å². The zero-order valence-corrected chi connectivity index (χ0v) is 10.1. The van der Waals surface area contributed by atoms with Crippen molar-refractivity contribution in [3.8, 4) is 0 Å². The molecule has 94 valence electrons. The molecular weight excluding hydrogens is 208 g/mol. The lowest BCUT2D eigenvalue weighted by Gasteiger charge is -2.15. The number of nitrogens with one attached hydrogen (secondary N) is 1. The Morgan fingerprint density at radius 3 is 2.56 bits per heavy atom. The van der Waals surface area contributed by atoms with Crippen molar-refractivity contribution in [2.45, 2.75) is 45.1 Å². The number of ether oxygens (including phenoxy) is 1. The van der Waals surface area contributed by atoms with Crippen LogP contribution in [0, 0.1) is 0 Å². The minimum absolute atomic E-state index is 0.243. The van der Waals surface area contributed by atoms with Gasteiger partial charge in [-0.2, -0.15) is 0 Å². The number of nitrogens with two attached hydrogens (primary N) is 1. The molecule has 0 aliphatic carbocycles. The van der Waals surface area contributed by atoms with Gasteiger partial charge < -0.3 is 15.8 Å². The molecule has 0 aromatic carbocycles. The highest BCUT2D eigenvalue weighted by Gasteiger charge is 2.17. The summed E-state index contributed by atoms with van der Waals surface area (Å²) >= 11 is 0. The Kier molecular flexibility index (Phi) is 8.52. The van der Waals surface area contributed by atoms with Gasteiger partial charge in [-0.15, -0.1) is 0 Å². The minimum atomic E-state index is -0.315. The van der Waals surface area contributed by atoms with Crippen molar-refractivity contribution in [2.24, 2.45) is 5.73 Å². The Bertz CT molecular complexity index is 219. The number of unbranched alkanes of at least 4 members (excludes halogenated alkanes) is 1. The molecule has 5 nitrogen and oxygen atoms in total. The number of hydrogen-bond donors (Lipinski definition) is 2. The molecule has 0 aromatic heterocycles. The molecule has 0 radical (unpaired) electrons. The number of esters is 1. The van der Waals surface area contributed by atoms with Gasteiger partial charge in [0.05, 0.1) is 7.11 Å². The first-order valence-corrected chi connectivity index (χ1v) is 5.71. The van der Waals surface area contributed by atoms with Crippen LogP contribution in [0.5, 0.6) is 0 Å². The van der Waals surface area contributed by atoms with E-state index in [1.54, 1.807) is 0 Å². The Hall–Kier alpha value is -1.10. The molecule has 3 N–H and O–H groups in total. The Morgan fingerprint density at radius 1 is 1.38 bits per heavy atom. The van der Waals surface area contributed by atoms with Crippen LogP contribution in [0.3, 0.4) is 0 Å². The Labute approximate surface area is 96.7 Å². The SMILES string of the molecule is CCCCC(NCCCC(N)=O)C(=O)OC. The van der Waals surface area contributed by atoms with E-state index in [-0.39, 0.29) is 17.9 Å². The van der Waals surface area contributed by atoms with Gasteiger partial charge in [0.1, 0.15) is 6.04 Å². The van der Waals surface area contributed by atoms with E-state index in [1.807, 2.05) is 0 Å². The lowest BCUT2D eigenvalue weighted by molar-refractivity contribution is -0.143. The molecule has 0 saturated carbocycles. The highest BCUT2D eigenvalue weighted by atomic mass is 16.5. The summed E-state index contributed by atoms with van der Waals surface area (Å²) in [5.41, 5.74) is 5.02. The van der Waals surface area contributed by atoms with E-state index >= 15 is 0 Å². The normalized spacial score (nSPS) is 12.1. The van der Waals surface area contributed by atoms with Crippen LogP contribution >= 0.6 is 0 Å². The Morgan fingerprint density at radius 2 is 2.06 bits per heavy atom. The van der Waals surface area contributed by atoms with Crippen LogP contribution in [0.25, 0.3) is 0 Å². The van der Waals surface area contributed by atoms with Gasteiger partial charge in [-0.3, -0.25) is 9.59 Å². The Balaban J connectivity index is 3.82. The molecule has 0 rings (SSSR count). The van der Waals surface area contributed by atoms with Crippen LogP contribution in [0.4, 0.5) is 0 Å². The maximum atomic E-state index is 11.4. The van der Waals surface area contributed by atoms with Crippen molar-refractivity contribution >= 4 is 11.9 Å². The summed E-state index contributed by atoms with van der Waals surface area (Å²) in [5.74, 6) is -0.558. The molecule has 5 heteroatoms. The molecule has 0 aromatic rings. The van der Waals surface area contributed by atoms with Crippen LogP contribution in [-0.2, 0) is 14.3 Å². The molecule has 0 heterocycles. The van der Waals surface area contributed by atoms with Crippen molar-refractivity contribution in [3.63, 3.8) is 0 Å². The number of carbonyl (C=O) groups excluding carboxylic acids is 2. The zero-order valence-electron chi connectivity index (χ0n) is 10.1. The third-order valence-corrected chi connectivity index (χ3v) is 2.32. The quantitative estimate of drug-likeness (QED) is 0.448. The van der Waals surface area contributed by atoms with Crippen molar-refractivity contribution in [1.29, 1.82) is 0 Å². The van der Waals surface area contributed by atoms with Crippen LogP contribution in [0.15, 0.2) is 0 Å². The van der Waals surface area contributed by atoms with Crippen molar-refractivity contribution in [3.05, 3.63) is 0 Å². The van der Waals surface area contributed by atoms with Crippen LogP contribution in [0.1, 0.15) is 39.0 Å². The topological polar surface area (TPSA) is 81.4 Å². The number of rotatable bonds is 9. The van der Waals surface area contributed by atoms with E-state index in [9.17, 15) is 9.59 Å². The predicted molar refractivity (Wildman–Crippen MR) is 61.8 cm³/mol. The zero-order chi connectivity index (χ0) is 12.4. The summed E-state index contributed by atoms with van der Waals surface area (Å²) in [6.07, 6.45) is 3.77. The van der Waals surface area contributed by atoms with Gasteiger partial charge in [0.2, 0.25) is 5.91 Å². The standard InChI is InChI=1S/C11H22N2O3/c1-3-4-6-9(11(15)16-2)13-8-5-7-10(12)14/h9,13H,3-8H2,1-2H3,(H2,12,14). The van der Waals surface area contributed by atoms with Crippen LogP contribution in [0.2, 0.25) is 0 Å². The molecule has 0 bridgehead atoms. The second kappa shape index (κ2) is 9.15. The van der Waals surface area contributed by atoms with Gasteiger partial charge in [-0.05, 0) is 19.4 Å². The maximum absolute atomic E-state index is 11.4. The third-order valence-electron chi connectivity index (χ3n) is 2.32. The van der Waals surface area contributed by atoms with Gasteiger partial charge in [-0.25, -0.2) is 0 Å². The van der Waals surface area contributed by atoms with Crippen LogP contribution < -0.4 is 11.1 Å². The lowest BCUT2D eigenvalue weighted by atomic mass is 10.1. The second-order valence-corrected chi connectivity index (χ2v) is 3.74. The first-order valence-electron chi connectivity index (χ1n) is 5.71. The van der Waals surface area contributed by atoms with Crippen LogP contribution in [-0.4, -0.2) is 31.6 Å². The summed E-state index contributed by atoms with van der Waals surface area (Å²) in [6, 6.07) is -0.266. The molecular formula is C11H22N2O3. The molecule has 16 heavy (non-hydrogen) atoms. The van der Waals surface area contributed by atoms with Gasteiger partial charge >= 0.3 is 5.97 Å². The fraction of sp³-hybridized carbons (Fsp3) is 0.818. The lowest BCUT2D eigenvalue weighted by Crippen LogP contribution is -2.38. The number of amides is 1. The van der Waals surface area contributed by atoms with Crippen molar-refractivity contribution < 1.29 is 14.3 Å². The minimum Gasteiger partial charge on any atom is -0.468 e. The smallest absolute Gasteiger partial charge is 0.322 e. The van der Waals surface area contributed by atoms with Gasteiger partial charge in [0.15, 0.2) is 0 Å². The second-order valence-electron chi connectivity index (χ2n) is 3.74. The summed E-state index contributed by atoms with van der Waals surface area (Å²) < 4.78 is 4.69. The molecule has 0 saturated heterocycles. The fourth-order valence-corrected chi connectivity index (χ4v) is 1.39. The number of methoxy groups -OCH3 is 1. The van der Waals surface area contributed by atoms with E-state index in [4.69, 9.17) is 10.5 Å². The molecule has 1 amide bonds. The molecule has 1 unspecified atom stereocenters. The van der Waals surface area contributed by atoms with Gasteiger partial charge in [-0.1, -0.05) is 19.8 Å². The first kappa shape index (κ1) is 14.9. The summed E-state index contributed by atoms with van der Waals surface area (Å²) in [5, 5.41) is 3.08. The fourth-order valence-electron chi connectivity index (χ4n) is 1.39. The monoisotopic (exact) mass is 230 g/mol. The van der Waals surface area contributed by atoms with E-state index in [2.05, 4.69) is 12.2 Å². The maximum Gasteiger partial charge on any atom is 0.322 e. The number of hydrogen-bond acceptors (Lipinski definition) is 4. The van der Waals surface area contributed by atoms with E-state index in [1.165, 1.54) is 7.11 Å². The van der Waals surface area contributed by atoms with Gasteiger partial charge in [0.25, 0.3) is 0 Å². The average molecular weight is 230 g/mol. The summed E-state index contributed by atoms with van der Waals surface area (Å²) in [4.78, 5) is 21.9. The molecule has 1 atom stereocenters. The molecule has 0 spiro atoms. The molecule has 0 fully saturated rings. The third kappa shape index (κ3) is 7.23. The van der Waals surface area contributed by atoms with E-state index < -0.39 is 0 Å². The van der Waals surface area contributed by atoms with Crippen molar-refractivity contribution in [2.75, 3.05) is 13.7 Å². The summed E-state index contributed by atoms with van der Waals surface area (Å²) in [7, 11) is 1.38. The summed E-state index contributed by atoms with van der Waals surface area (Å²) in [6.45, 7) is 2.67.